The molecule has 1 N–H and O–H groups in total. The Labute approximate surface area is 75.9 Å². The summed E-state index contributed by atoms with van der Waals surface area (Å²) < 4.78 is 0. The second-order valence-electron chi connectivity index (χ2n) is 2.57. The zero-order valence-electron chi connectivity index (χ0n) is 8.35. The van der Waals surface area contributed by atoms with E-state index in [1.165, 1.54) is 11.1 Å². The molecule has 0 fully saturated rings. The molecule has 0 radical (unpaired) electrons. The predicted octanol–water partition coefficient (Wildman–Crippen LogP) is 3.02. The Hall–Kier alpha value is -0.980. The van der Waals surface area contributed by atoms with Crippen molar-refractivity contribution in [3.05, 3.63) is 36.1 Å². The van der Waals surface area contributed by atoms with Crippen LogP contribution in [0.5, 0.6) is 0 Å². The van der Waals surface area contributed by atoms with Crippen LogP contribution in [0.2, 0.25) is 0 Å². The molecule has 0 atom stereocenters. The van der Waals surface area contributed by atoms with Gasteiger partial charge in [0.2, 0.25) is 0 Å². The maximum absolute atomic E-state index is 3.62. The monoisotopic (exact) mass is 165 g/mol. The maximum Gasteiger partial charge on any atom is 0.0394 e. The molecule has 0 saturated heterocycles. The zero-order valence-corrected chi connectivity index (χ0v) is 8.35. The van der Waals surface area contributed by atoms with Crippen LogP contribution in [-0.2, 0) is 0 Å². The van der Waals surface area contributed by atoms with Gasteiger partial charge >= 0.3 is 0 Å². The quantitative estimate of drug-likeness (QED) is 0.617. The lowest BCUT2D eigenvalue weighted by atomic mass is 10.0. The first-order valence-corrected chi connectivity index (χ1v) is 4.45. The van der Waals surface area contributed by atoms with Gasteiger partial charge in [0.1, 0.15) is 0 Å². The number of nitrogens with one attached hydrogen (secondary N) is 1. The zero-order chi connectivity index (χ0) is 9.40. The van der Waals surface area contributed by atoms with E-state index in [0.717, 1.165) is 13.0 Å². The van der Waals surface area contributed by atoms with Crippen LogP contribution < -0.4 is 5.32 Å². The fourth-order valence-corrected chi connectivity index (χ4v) is 1.20. The van der Waals surface area contributed by atoms with E-state index in [9.17, 15) is 0 Å². The molecule has 0 heterocycles. The van der Waals surface area contributed by atoms with E-state index in [4.69, 9.17) is 0 Å². The number of allylic oxidation sites excluding steroid dienone is 2. The van der Waals surface area contributed by atoms with Crippen LogP contribution in [-0.4, -0.2) is 6.54 Å². The molecule has 0 bridgehead atoms. The SMILES string of the molecule is C=CNCC(=C\C)/C(=C/C)CC. The van der Waals surface area contributed by atoms with Crippen LogP contribution in [0.4, 0.5) is 0 Å². The molecule has 12 heavy (non-hydrogen) atoms. The second kappa shape index (κ2) is 6.71. The molecule has 0 unspecified atom stereocenters. The Bertz CT molecular complexity index is 187. The van der Waals surface area contributed by atoms with Crippen molar-refractivity contribution < 1.29 is 0 Å². The molecule has 1 heteroatoms. The highest BCUT2D eigenvalue weighted by atomic mass is 14.8. The summed E-state index contributed by atoms with van der Waals surface area (Å²) in [6.45, 7) is 10.8. The van der Waals surface area contributed by atoms with Crippen molar-refractivity contribution in [3.63, 3.8) is 0 Å². The largest absolute Gasteiger partial charge is 0.387 e. The third kappa shape index (κ3) is 3.42. The van der Waals surface area contributed by atoms with Crippen LogP contribution in [0, 0.1) is 0 Å². The average Bonchev–Trinajstić information content (AvgIpc) is 2.12. The normalized spacial score (nSPS) is 12.9. The molecule has 0 spiro atoms. The molecule has 0 aliphatic carbocycles. The third-order valence-electron chi connectivity index (χ3n) is 1.93. The smallest absolute Gasteiger partial charge is 0.0394 e. The fraction of sp³-hybridized carbons (Fsp3) is 0.455. The minimum Gasteiger partial charge on any atom is -0.387 e. The molecular weight excluding hydrogens is 146 g/mol. The Morgan fingerprint density at radius 3 is 2.17 bits per heavy atom. The Morgan fingerprint density at radius 2 is 1.83 bits per heavy atom. The molecule has 0 rings (SSSR count). The van der Waals surface area contributed by atoms with Crippen LogP contribution in [0.25, 0.3) is 0 Å². The van der Waals surface area contributed by atoms with Crippen LogP contribution in [0.3, 0.4) is 0 Å². The molecule has 0 aliphatic rings. The summed E-state index contributed by atoms with van der Waals surface area (Å²) in [7, 11) is 0. The highest BCUT2D eigenvalue weighted by Crippen LogP contribution is 2.12. The van der Waals surface area contributed by atoms with Crippen molar-refractivity contribution in [2.45, 2.75) is 27.2 Å². The van der Waals surface area contributed by atoms with Gasteiger partial charge in [0, 0.05) is 6.54 Å². The Kier molecular flexibility index (Phi) is 6.16. The molecule has 0 aromatic carbocycles. The predicted molar refractivity (Wildman–Crippen MR) is 56.0 cm³/mol. The van der Waals surface area contributed by atoms with E-state index in [1.54, 1.807) is 6.20 Å². The molecular formula is C11H19N. The first-order valence-electron chi connectivity index (χ1n) is 4.45. The summed E-state index contributed by atoms with van der Waals surface area (Å²) in [5, 5.41) is 3.10. The van der Waals surface area contributed by atoms with Gasteiger partial charge in [0.25, 0.3) is 0 Å². The molecule has 0 aliphatic heterocycles. The van der Waals surface area contributed by atoms with Gasteiger partial charge in [-0.05, 0) is 37.6 Å². The van der Waals surface area contributed by atoms with E-state index in [-0.39, 0.29) is 0 Å². The van der Waals surface area contributed by atoms with Gasteiger partial charge < -0.3 is 5.32 Å². The molecule has 68 valence electrons. The van der Waals surface area contributed by atoms with Crippen molar-refractivity contribution in [3.8, 4) is 0 Å². The summed E-state index contributed by atoms with van der Waals surface area (Å²) in [5.74, 6) is 0. The van der Waals surface area contributed by atoms with E-state index in [2.05, 4.69) is 44.8 Å². The number of hydrogen-bond acceptors (Lipinski definition) is 1. The Balaban J connectivity index is 4.24. The molecule has 0 saturated carbocycles. The molecule has 1 nitrogen and oxygen atoms in total. The minimum atomic E-state index is 0.882. The van der Waals surface area contributed by atoms with Gasteiger partial charge in [0.05, 0.1) is 0 Å². The first kappa shape index (κ1) is 11.0. The minimum absolute atomic E-state index is 0.882. The number of hydrogen-bond donors (Lipinski definition) is 1. The van der Waals surface area contributed by atoms with Gasteiger partial charge in [-0.3, -0.25) is 0 Å². The van der Waals surface area contributed by atoms with Crippen molar-refractivity contribution in [1.82, 2.24) is 5.32 Å². The van der Waals surface area contributed by atoms with Crippen LogP contribution in [0.15, 0.2) is 36.1 Å². The fourth-order valence-electron chi connectivity index (χ4n) is 1.20. The topological polar surface area (TPSA) is 12.0 Å². The lowest BCUT2D eigenvalue weighted by molar-refractivity contribution is 0.920. The van der Waals surface area contributed by atoms with Gasteiger partial charge in [-0.15, -0.1) is 0 Å². The lowest BCUT2D eigenvalue weighted by Crippen LogP contribution is -2.10. The summed E-state index contributed by atoms with van der Waals surface area (Å²) in [4.78, 5) is 0. The standard InChI is InChI=1S/C11H19N/c1-5-10(6-2)11(7-3)9-12-8-4/h5,7-8,12H,4,6,9H2,1-3H3/b10-5+,11-7+. The van der Waals surface area contributed by atoms with E-state index in [0.29, 0.717) is 0 Å². The summed E-state index contributed by atoms with van der Waals surface area (Å²) in [6.07, 6.45) is 7.14. The van der Waals surface area contributed by atoms with Crippen molar-refractivity contribution in [2.24, 2.45) is 0 Å². The summed E-state index contributed by atoms with van der Waals surface area (Å²) in [5.41, 5.74) is 2.77. The number of rotatable bonds is 5. The van der Waals surface area contributed by atoms with Gasteiger partial charge in [-0.25, -0.2) is 0 Å². The molecule has 0 aromatic rings. The van der Waals surface area contributed by atoms with Gasteiger partial charge in [0.15, 0.2) is 0 Å². The Morgan fingerprint density at radius 1 is 1.25 bits per heavy atom. The van der Waals surface area contributed by atoms with E-state index >= 15 is 0 Å². The van der Waals surface area contributed by atoms with E-state index in [1.807, 2.05) is 0 Å². The summed E-state index contributed by atoms with van der Waals surface area (Å²) >= 11 is 0. The average molecular weight is 165 g/mol. The first-order chi connectivity index (χ1) is 5.79. The maximum atomic E-state index is 3.62. The highest BCUT2D eigenvalue weighted by molar-refractivity contribution is 5.31. The molecule has 0 amide bonds. The second-order valence-corrected chi connectivity index (χ2v) is 2.57. The van der Waals surface area contributed by atoms with E-state index < -0.39 is 0 Å². The van der Waals surface area contributed by atoms with Crippen LogP contribution in [0.1, 0.15) is 27.2 Å². The van der Waals surface area contributed by atoms with Crippen molar-refractivity contribution >= 4 is 0 Å². The van der Waals surface area contributed by atoms with Crippen LogP contribution >= 0.6 is 0 Å². The lowest BCUT2D eigenvalue weighted by Gasteiger charge is -2.09. The molecule has 0 aromatic heterocycles. The third-order valence-corrected chi connectivity index (χ3v) is 1.93. The van der Waals surface area contributed by atoms with Crippen molar-refractivity contribution in [2.75, 3.05) is 6.54 Å². The van der Waals surface area contributed by atoms with Gasteiger partial charge in [-0.1, -0.05) is 25.7 Å². The van der Waals surface area contributed by atoms with Crippen molar-refractivity contribution in [1.29, 1.82) is 0 Å². The summed E-state index contributed by atoms with van der Waals surface area (Å²) in [6, 6.07) is 0. The highest BCUT2D eigenvalue weighted by Gasteiger charge is 1.98. The van der Waals surface area contributed by atoms with Gasteiger partial charge in [-0.2, -0.15) is 0 Å².